The second kappa shape index (κ2) is 8.26. The molecule has 2 N–H and O–H groups in total. The van der Waals surface area contributed by atoms with Gasteiger partial charge in [-0.2, -0.15) is 0 Å². The normalized spacial score (nSPS) is 21.7. The Morgan fingerprint density at radius 2 is 1.66 bits per heavy atom. The number of carbonyl (C=O) groups excluding carboxylic acids is 2. The number of amides is 2. The molecule has 2 aliphatic carbocycles. The van der Waals surface area contributed by atoms with Gasteiger partial charge >= 0.3 is 12.1 Å². The van der Waals surface area contributed by atoms with E-state index in [9.17, 15) is 14.4 Å². The van der Waals surface area contributed by atoms with Gasteiger partial charge in [0.1, 0.15) is 24.1 Å². The summed E-state index contributed by atoms with van der Waals surface area (Å²) in [6.45, 7) is 0.980. The molecule has 2 fully saturated rings. The summed E-state index contributed by atoms with van der Waals surface area (Å²) in [4.78, 5) is 38.1. The van der Waals surface area contributed by atoms with Gasteiger partial charge in [-0.15, -0.1) is 0 Å². The van der Waals surface area contributed by atoms with Crippen LogP contribution in [0.3, 0.4) is 0 Å². The van der Waals surface area contributed by atoms with Crippen LogP contribution >= 0.6 is 0 Å². The molecule has 1 aliphatic heterocycles. The Morgan fingerprint density at radius 3 is 2.29 bits per heavy atom. The molecular formula is C26H23N3O6. The topological polar surface area (TPSA) is 122 Å². The van der Waals surface area contributed by atoms with Gasteiger partial charge in [0.15, 0.2) is 0 Å². The molecule has 2 atom stereocenters. The second-order valence-corrected chi connectivity index (χ2v) is 9.26. The minimum Gasteiger partial charge on any atom is -0.481 e. The fourth-order valence-electron chi connectivity index (χ4n) is 5.60. The van der Waals surface area contributed by atoms with Crippen molar-refractivity contribution in [1.29, 1.82) is 0 Å². The van der Waals surface area contributed by atoms with Crippen LogP contribution in [0, 0.1) is 17.8 Å². The average molecular weight is 473 g/mol. The van der Waals surface area contributed by atoms with Crippen LogP contribution in [0.25, 0.3) is 11.1 Å². The first kappa shape index (κ1) is 21.4. The van der Waals surface area contributed by atoms with E-state index < -0.39 is 12.1 Å². The number of ether oxygens (including phenoxy) is 1. The van der Waals surface area contributed by atoms with E-state index in [1.165, 1.54) is 6.26 Å². The third-order valence-electron chi connectivity index (χ3n) is 7.38. The molecule has 9 heteroatoms. The van der Waals surface area contributed by atoms with Gasteiger partial charge in [-0.05, 0) is 34.1 Å². The number of likely N-dealkylation sites (tertiary alicyclic amines) is 1. The first-order chi connectivity index (χ1) is 17.0. The molecule has 2 heterocycles. The van der Waals surface area contributed by atoms with Gasteiger partial charge < -0.3 is 24.6 Å². The number of nitrogens with one attached hydrogen (secondary N) is 1. The average Bonchev–Trinajstić information content (AvgIpc) is 3.22. The lowest BCUT2D eigenvalue weighted by Gasteiger charge is -2.18. The highest BCUT2D eigenvalue weighted by atomic mass is 16.5. The first-order valence-electron chi connectivity index (χ1n) is 11.6. The molecule has 2 amide bonds. The molecule has 1 aromatic heterocycles. The van der Waals surface area contributed by atoms with Gasteiger partial charge in [-0.3, -0.25) is 9.59 Å². The van der Waals surface area contributed by atoms with Crippen LogP contribution < -0.4 is 5.32 Å². The monoisotopic (exact) mass is 473 g/mol. The number of nitrogens with zero attached hydrogens (tertiary/aromatic N) is 2. The Bertz CT molecular complexity index is 1280. The summed E-state index contributed by atoms with van der Waals surface area (Å²) in [5.74, 6) is -1.45. The largest absolute Gasteiger partial charge is 0.481 e. The zero-order valence-corrected chi connectivity index (χ0v) is 18.7. The molecule has 178 valence electrons. The zero-order chi connectivity index (χ0) is 24.1. The molecule has 1 saturated carbocycles. The van der Waals surface area contributed by atoms with E-state index in [1.54, 1.807) is 4.90 Å². The van der Waals surface area contributed by atoms with E-state index >= 15 is 0 Å². The van der Waals surface area contributed by atoms with Crippen LogP contribution in [0.2, 0.25) is 0 Å². The quantitative estimate of drug-likeness (QED) is 0.564. The van der Waals surface area contributed by atoms with Crippen LogP contribution in [0.4, 0.5) is 4.79 Å². The first-order valence-corrected chi connectivity index (χ1v) is 11.6. The number of aromatic nitrogens is 1. The maximum Gasteiger partial charge on any atom is 0.407 e. The van der Waals surface area contributed by atoms with E-state index in [1.807, 2.05) is 24.3 Å². The van der Waals surface area contributed by atoms with Gasteiger partial charge in [-0.1, -0.05) is 53.7 Å². The molecule has 0 radical (unpaired) electrons. The number of fused-ring (bicyclic) bond motifs is 4. The Labute approximate surface area is 200 Å². The van der Waals surface area contributed by atoms with Crippen molar-refractivity contribution in [2.45, 2.75) is 12.5 Å². The lowest BCUT2D eigenvalue weighted by Crippen LogP contribution is -2.33. The summed E-state index contributed by atoms with van der Waals surface area (Å²) in [6.07, 6.45) is 0.648. The minimum absolute atomic E-state index is 0.0127. The molecule has 35 heavy (non-hydrogen) atoms. The van der Waals surface area contributed by atoms with Crippen molar-refractivity contribution in [2.24, 2.45) is 17.8 Å². The predicted octanol–water partition coefficient (Wildman–Crippen LogP) is 3.12. The fraction of sp³-hybridized carbons (Fsp3) is 0.308. The number of aliphatic carboxylic acids is 1. The van der Waals surface area contributed by atoms with Crippen molar-refractivity contribution in [3.05, 3.63) is 77.2 Å². The Morgan fingerprint density at radius 1 is 1.03 bits per heavy atom. The Balaban J connectivity index is 1.05. The molecule has 3 aliphatic rings. The van der Waals surface area contributed by atoms with Crippen molar-refractivity contribution >= 4 is 18.0 Å². The smallest absolute Gasteiger partial charge is 0.407 e. The fourth-order valence-corrected chi connectivity index (χ4v) is 5.60. The van der Waals surface area contributed by atoms with Crippen molar-refractivity contribution in [2.75, 3.05) is 19.7 Å². The van der Waals surface area contributed by atoms with Crippen molar-refractivity contribution in [3.63, 3.8) is 0 Å². The number of rotatable bonds is 6. The Hall–Kier alpha value is -4.14. The lowest BCUT2D eigenvalue weighted by molar-refractivity contribution is -0.139. The molecular weight excluding hydrogens is 450 g/mol. The lowest BCUT2D eigenvalue weighted by atomic mass is 9.98. The number of piperidine rings is 1. The molecule has 6 rings (SSSR count). The van der Waals surface area contributed by atoms with E-state index in [-0.39, 0.29) is 48.3 Å². The number of hydrogen-bond acceptors (Lipinski definition) is 6. The molecule has 0 bridgehead atoms. The molecule has 2 unspecified atom stereocenters. The number of carboxylic acid groups (broad SMARTS) is 1. The summed E-state index contributed by atoms with van der Waals surface area (Å²) in [6, 6.07) is 16.2. The highest BCUT2D eigenvalue weighted by molar-refractivity contribution is 5.95. The number of alkyl carbamates (subject to hydrolysis) is 1. The second-order valence-electron chi connectivity index (χ2n) is 9.26. The maximum atomic E-state index is 12.9. The number of carboxylic acids is 1. The summed E-state index contributed by atoms with van der Waals surface area (Å²) in [5, 5.41) is 15.7. The SMILES string of the molecule is O=C(NCc1nocc1C(=O)N1CC2C(C1)C2C(=O)O)OCC1c2ccccc2-c2ccccc21. The van der Waals surface area contributed by atoms with Gasteiger partial charge in [0.2, 0.25) is 0 Å². The van der Waals surface area contributed by atoms with Gasteiger partial charge in [0.25, 0.3) is 5.91 Å². The van der Waals surface area contributed by atoms with Crippen molar-refractivity contribution in [1.82, 2.24) is 15.4 Å². The maximum absolute atomic E-state index is 12.9. The van der Waals surface area contributed by atoms with Crippen LogP contribution in [0.1, 0.15) is 33.1 Å². The Kier molecular flexibility index (Phi) is 5.05. The molecule has 0 spiro atoms. The predicted molar refractivity (Wildman–Crippen MR) is 122 cm³/mol. The van der Waals surface area contributed by atoms with Crippen molar-refractivity contribution < 1.29 is 28.8 Å². The molecule has 3 aromatic rings. The summed E-state index contributed by atoms with van der Waals surface area (Å²) in [7, 11) is 0. The van der Waals surface area contributed by atoms with Crippen molar-refractivity contribution in [3.8, 4) is 11.1 Å². The number of benzene rings is 2. The summed E-state index contributed by atoms with van der Waals surface area (Å²) in [5.41, 5.74) is 5.12. The summed E-state index contributed by atoms with van der Waals surface area (Å²) >= 11 is 0. The molecule has 2 aromatic carbocycles. The van der Waals surface area contributed by atoms with E-state index in [0.717, 1.165) is 22.3 Å². The van der Waals surface area contributed by atoms with Crippen LogP contribution in [0.15, 0.2) is 59.3 Å². The minimum atomic E-state index is -0.801. The van der Waals surface area contributed by atoms with Crippen LogP contribution in [-0.4, -0.2) is 52.8 Å². The van der Waals surface area contributed by atoms with E-state index in [2.05, 4.69) is 34.7 Å². The van der Waals surface area contributed by atoms with Crippen LogP contribution in [-0.2, 0) is 16.1 Å². The highest BCUT2D eigenvalue weighted by Crippen LogP contribution is 2.52. The van der Waals surface area contributed by atoms with Crippen LogP contribution in [0.5, 0.6) is 0 Å². The van der Waals surface area contributed by atoms with Gasteiger partial charge in [-0.25, -0.2) is 4.79 Å². The van der Waals surface area contributed by atoms with Gasteiger partial charge in [0.05, 0.1) is 12.5 Å². The standard InChI is InChI=1S/C26H23N3O6/c30-24(29-10-18-19(11-29)23(18)25(31)32)21-13-35-28-22(21)9-27-26(33)34-12-20-16-7-3-1-5-14(16)15-6-2-4-8-17(15)20/h1-8,13,18-20,23H,9-12H2,(H,27,33)(H,31,32). The van der Waals surface area contributed by atoms with E-state index in [0.29, 0.717) is 18.8 Å². The van der Waals surface area contributed by atoms with E-state index in [4.69, 9.17) is 14.4 Å². The zero-order valence-electron chi connectivity index (χ0n) is 18.7. The third kappa shape index (κ3) is 3.63. The number of hydrogen-bond donors (Lipinski definition) is 2. The molecule has 9 nitrogen and oxygen atoms in total. The van der Waals surface area contributed by atoms with Gasteiger partial charge in [0, 0.05) is 19.0 Å². The number of carbonyl (C=O) groups is 3. The highest BCUT2D eigenvalue weighted by Gasteiger charge is 2.60. The molecule has 1 saturated heterocycles. The summed E-state index contributed by atoms with van der Waals surface area (Å²) < 4.78 is 10.5. The third-order valence-corrected chi connectivity index (χ3v) is 7.38.